The number of rotatable bonds is 3. The smallest absolute Gasteiger partial charge is 0.265 e. The molecule has 112 valence electrons. The highest BCUT2D eigenvalue weighted by atomic mass is 16.3. The number of aromatic nitrogens is 1. The first-order valence-electron chi connectivity index (χ1n) is 6.64. The van der Waals surface area contributed by atoms with Gasteiger partial charge in [0, 0.05) is 17.5 Å². The van der Waals surface area contributed by atoms with Gasteiger partial charge in [0.2, 0.25) is 11.8 Å². The molecule has 0 fully saturated rings. The van der Waals surface area contributed by atoms with Gasteiger partial charge in [-0.1, -0.05) is 18.2 Å². The van der Waals surface area contributed by atoms with Crippen molar-refractivity contribution >= 4 is 34.1 Å². The molecule has 3 rings (SSSR count). The van der Waals surface area contributed by atoms with E-state index in [9.17, 15) is 14.7 Å². The third kappa shape index (κ3) is 2.46. The van der Waals surface area contributed by atoms with Gasteiger partial charge < -0.3 is 10.1 Å². The fourth-order valence-electron chi connectivity index (χ4n) is 2.26. The number of nitrogens with one attached hydrogen (secondary N) is 2. The molecule has 1 aliphatic rings. The predicted molar refractivity (Wildman–Crippen MR) is 78.8 cm³/mol. The van der Waals surface area contributed by atoms with Crippen LogP contribution in [0.15, 0.2) is 39.6 Å². The lowest BCUT2D eigenvalue weighted by atomic mass is 10.0. The van der Waals surface area contributed by atoms with E-state index < -0.39 is 11.8 Å². The summed E-state index contributed by atoms with van der Waals surface area (Å²) in [5.74, 6) is -1.64. The molecule has 0 bridgehead atoms. The topological polar surface area (TPSA) is 119 Å². The molecule has 0 saturated heterocycles. The Bertz CT molecular complexity index is 821. The number of aromatic amines is 1. The monoisotopic (exact) mass is 299 g/mol. The first-order chi connectivity index (χ1) is 10.6. The molecule has 0 saturated carbocycles. The Hall–Kier alpha value is -3.03. The minimum absolute atomic E-state index is 0.103. The Balaban J connectivity index is 1.78. The maximum Gasteiger partial charge on any atom is 0.265 e. The highest BCUT2D eigenvalue weighted by Crippen LogP contribution is 2.35. The maximum atomic E-state index is 11.8. The Morgan fingerprint density at radius 3 is 2.91 bits per heavy atom. The summed E-state index contributed by atoms with van der Waals surface area (Å²) >= 11 is 0. The highest BCUT2D eigenvalue weighted by Gasteiger charge is 2.29. The summed E-state index contributed by atoms with van der Waals surface area (Å²) < 4.78 is 0. The molecule has 1 aromatic heterocycles. The summed E-state index contributed by atoms with van der Waals surface area (Å²) in [5, 5.41) is 21.6. The summed E-state index contributed by atoms with van der Waals surface area (Å²) in [7, 11) is 0. The van der Waals surface area contributed by atoms with Crippen molar-refractivity contribution in [2.24, 2.45) is 21.2 Å². The molecule has 2 heterocycles. The molecule has 0 aliphatic carbocycles. The fourth-order valence-corrected chi connectivity index (χ4v) is 2.26. The van der Waals surface area contributed by atoms with Crippen LogP contribution in [0.2, 0.25) is 0 Å². The van der Waals surface area contributed by atoms with Gasteiger partial charge in [0.05, 0.1) is 11.4 Å². The second kappa shape index (κ2) is 5.40. The van der Waals surface area contributed by atoms with E-state index in [0.29, 0.717) is 16.6 Å². The minimum Gasteiger partial charge on any atom is -0.493 e. The number of amides is 2. The van der Waals surface area contributed by atoms with Crippen LogP contribution in [0.4, 0.5) is 5.69 Å². The number of H-pyrrole nitrogens is 1. The first-order valence-corrected chi connectivity index (χ1v) is 6.64. The zero-order valence-corrected chi connectivity index (χ0v) is 11.7. The van der Waals surface area contributed by atoms with Crippen molar-refractivity contribution < 1.29 is 14.7 Å². The number of para-hydroxylation sites is 1. The van der Waals surface area contributed by atoms with Crippen LogP contribution in [-0.2, 0) is 9.59 Å². The molecule has 2 amide bonds. The Labute approximate surface area is 124 Å². The number of azo groups is 1. The standard InChI is InChI=1S/C14H13N5O3/c1-7-9(13(21)19-16-7)6-11(20)17-18-12-8-4-2-3-5-10(8)15-14(12)22/h2-5,9,15,22H,6H2,1H3,(H,19,21). The molecule has 22 heavy (non-hydrogen) atoms. The number of carbonyl (C=O) groups is 2. The van der Waals surface area contributed by atoms with Crippen LogP contribution in [0, 0.1) is 5.92 Å². The zero-order chi connectivity index (χ0) is 15.7. The number of hydrogen-bond donors (Lipinski definition) is 3. The number of aromatic hydroxyl groups is 1. The van der Waals surface area contributed by atoms with Crippen molar-refractivity contribution in [1.82, 2.24) is 10.4 Å². The van der Waals surface area contributed by atoms with Gasteiger partial charge in [0.1, 0.15) is 0 Å². The Kier molecular flexibility index (Phi) is 3.42. The predicted octanol–water partition coefficient (Wildman–Crippen LogP) is 2.00. The van der Waals surface area contributed by atoms with Gasteiger partial charge in [-0.2, -0.15) is 5.10 Å². The van der Waals surface area contributed by atoms with E-state index in [1.165, 1.54) is 0 Å². The molecule has 1 aromatic carbocycles. The van der Waals surface area contributed by atoms with Crippen molar-refractivity contribution in [3.05, 3.63) is 24.3 Å². The molecule has 0 spiro atoms. The third-order valence-corrected chi connectivity index (χ3v) is 3.46. The molecular weight excluding hydrogens is 286 g/mol. The van der Waals surface area contributed by atoms with E-state index in [2.05, 4.69) is 25.7 Å². The van der Waals surface area contributed by atoms with Crippen LogP contribution in [0.5, 0.6) is 5.88 Å². The average Bonchev–Trinajstić information content (AvgIpc) is 2.98. The third-order valence-electron chi connectivity index (χ3n) is 3.46. The summed E-state index contributed by atoms with van der Waals surface area (Å²) in [4.78, 5) is 26.1. The van der Waals surface area contributed by atoms with Crippen molar-refractivity contribution in [2.75, 3.05) is 0 Å². The van der Waals surface area contributed by atoms with Crippen LogP contribution >= 0.6 is 0 Å². The van der Waals surface area contributed by atoms with E-state index in [4.69, 9.17) is 0 Å². The second-order valence-electron chi connectivity index (χ2n) is 4.95. The molecular formula is C14H13N5O3. The van der Waals surface area contributed by atoms with Gasteiger partial charge in [-0.15, -0.1) is 10.2 Å². The summed E-state index contributed by atoms with van der Waals surface area (Å²) in [6.45, 7) is 1.67. The minimum atomic E-state index is -0.608. The molecule has 8 nitrogen and oxygen atoms in total. The molecule has 1 aliphatic heterocycles. The quantitative estimate of drug-likeness (QED) is 0.752. The van der Waals surface area contributed by atoms with Crippen molar-refractivity contribution in [3.63, 3.8) is 0 Å². The lowest BCUT2D eigenvalue weighted by Gasteiger charge is -2.02. The largest absolute Gasteiger partial charge is 0.493 e. The van der Waals surface area contributed by atoms with Gasteiger partial charge >= 0.3 is 0 Å². The maximum absolute atomic E-state index is 11.8. The number of carbonyl (C=O) groups excluding carboxylic acids is 2. The molecule has 3 N–H and O–H groups in total. The van der Waals surface area contributed by atoms with Crippen LogP contribution in [0.1, 0.15) is 13.3 Å². The molecule has 8 heteroatoms. The number of hydrogen-bond acceptors (Lipinski definition) is 5. The number of hydrazone groups is 1. The van der Waals surface area contributed by atoms with Crippen LogP contribution in [0.3, 0.4) is 0 Å². The molecule has 1 atom stereocenters. The van der Waals surface area contributed by atoms with Gasteiger partial charge in [0.25, 0.3) is 5.91 Å². The Morgan fingerprint density at radius 2 is 2.18 bits per heavy atom. The Morgan fingerprint density at radius 1 is 1.41 bits per heavy atom. The zero-order valence-electron chi connectivity index (χ0n) is 11.7. The summed E-state index contributed by atoms with van der Waals surface area (Å²) in [6, 6.07) is 7.13. The molecule has 1 unspecified atom stereocenters. The summed E-state index contributed by atoms with van der Waals surface area (Å²) in [5.41, 5.74) is 3.75. The number of fused-ring (bicyclic) bond motifs is 1. The summed E-state index contributed by atoms with van der Waals surface area (Å²) in [6.07, 6.45) is -0.103. The molecule has 2 aromatic rings. The van der Waals surface area contributed by atoms with E-state index in [-0.39, 0.29) is 23.9 Å². The number of benzene rings is 1. The van der Waals surface area contributed by atoms with E-state index in [1.54, 1.807) is 25.1 Å². The fraction of sp³-hybridized carbons (Fsp3) is 0.214. The second-order valence-corrected chi connectivity index (χ2v) is 4.95. The van der Waals surface area contributed by atoms with Crippen LogP contribution < -0.4 is 5.43 Å². The van der Waals surface area contributed by atoms with Crippen LogP contribution in [-0.4, -0.2) is 27.6 Å². The van der Waals surface area contributed by atoms with E-state index >= 15 is 0 Å². The highest BCUT2D eigenvalue weighted by molar-refractivity contribution is 6.09. The first kappa shape index (κ1) is 13.9. The lowest BCUT2D eigenvalue weighted by Crippen LogP contribution is -2.24. The van der Waals surface area contributed by atoms with Crippen molar-refractivity contribution in [1.29, 1.82) is 0 Å². The van der Waals surface area contributed by atoms with Gasteiger partial charge in [-0.05, 0) is 13.0 Å². The average molecular weight is 299 g/mol. The van der Waals surface area contributed by atoms with Gasteiger partial charge in [-0.3, -0.25) is 9.59 Å². The van der Waals surface area contributed by atoms with Crippen molar-refractivity contribution in [2.45, 2.75) is 13.3 Å². The van der Waals surface area contributed by atoms with E-state index in [0.717, 1.165) is 0 Å². The normalized spacial score (nSPS) is 18.0. The van der Waals surface area contributed by atoms with Gasteiger partial charge in [-0.25, -0.2) is 5.43 Å². The van der Waals surface area contributed by atoms with Crippen LogP contribution in [0.25, 0.3) is 10.9 Å². The lowest BCUT2D eigenvalue weighted by molar-refractivity contribution is -0.126. The van der Waals surface area contributed by atoms with E-state index in [1.807, 2.05) is 6.07 Å². The number of nitrogens with zero attached hydrogens (tertiary/aromatic N) is 3. The van der Waals surface area contributed by atoms with Gasteiger partial charge in [0.15, 0.2) is 5.69 Å². The molecule has 0 radical (unpaired) electrons. The SMILES string of the molecule is CC1=NNC(=O)C1CC(=O)N=Nc1c(O)[nH]c2ccccc12. The van der Waals surface area contributed by atoms with Crippen molar-refractivity contribution in [3.8, 4) is 5.88 Å².